The molecular formula is C20H39ClO5S. The molecule has 0 aromatic carbocycles. The zero-order chi connectivity index (χ0) is 19.8. The maximum absolute atomic E-state index is 10.9. The van der Waals surface area contributed by atoms with Crippen LogP contribution >= 0.6 is 24.2 Å². The third-order valence-electron chi connectivity index (χ3n) is 3.97. The number of ketones is 1. The molecule has 0 heterocycles. The van der Waals surface area contributed by atoms with Gasteiger partial charge in [0.15, 0.2) is 5.78 Å². The summed E-state index contributed by atoms with van der Waals surface area (Å²) in [6.07, 6.45) is 11.7. The molecule has 0 aliphatic rings. The van der Waals surface area contributed by atoms with Crippen LogP contribution in [0.2, 0.25) is 0 Å². The van der Waals surface area contributed by atoms with Gasteiger partial charge in [-0.05, 0) is 18.6 Å². The van der Waals surface area contributed by atoms with Crippen molar-refractivity contribution in [3.63, 3.8) is 0 Å². The quantitative estimate of drug-likeness (QED) is 0.150. The Balaban J connectivity index is 3.00. The third-order valence-corrected chi connectivity index (χ3v) is 4.59. The van der Waals surface area contributed by atoms with Crippen molar-refractivity contribution in [2.45, 2.75) is 57.8 Å². The van der Waals surface area contributed by atoms with E-state index in [2.05, 4.69) is 12.6 Å². The SMILES string of the molecule is O=C(CCl)COCCOCCOCCOCCCCCCCCCCCS. The molecule has 0 spiro atoms. The number of alkyl halides is 1. The molecule has 0 aromatic heterocycles. The summed E-state index contributed by atoms with van der Waals surface area (Å²) in [5.41, 5.74) is 0. The van der Waals surface area contributed by atoms with Crippen LogP contribution in [0.15, 0.2) is 0 Å². The highest BCUT2D eigenvalue weighted by Crippen LogP contribution is 2.09. The van der Waals surface area contributed by atoms with Crippen molar-refractivity contribution in [2.24, 2.45) is 0 Å². The summed E-state index contributed by atoms with van der Waals surface area (Å²) in [4.78, 5) is 10.9. The molecule has 0 saturated heterocycles. The standard InChI is InChI=1S/C20H39ClO5S/c21-18-20(22)19-26-16-15-25-14-13-24-12-11-23-10-8-6-4-2-1-3-5-7-9-17-27/h27H,1-19H2. The zero-order valence-electron chi connectivity index (χ0n) is 16.8. The molecule has 0 radical (unpaired) electrons. The number of halogens is 1. The van der Waals surface area contributed by atoms with E-state index >= 15 is 0 Å². The highest BCUT2D eigenvalue weighted by molar-refractivity contribution is 7.80. The van der Waals surface area contributed by atoms with Gasteiger partial charge in [0.05, 0.1) is 45.5 Å². The molecule has 0 N–H and O–H groups in total. The van der Waals surface area contributed by atoms with Crippen LogP contribution < -0.4 is 0 Å². The second-order valence-corrected chi connectivity index (χ2v) is 7.18. The first kappa shape index (κ1) is 27.1. The van der Waals surface area contributed by atoms with Crippen LogP contribution in [0, 0.1) is 0 Å². The summed E-state index contributed by atoms with van der Waals surface area (Å²) in [5, 5.41) is 0. The molecular weight excluding hydrogens is 388 g/mol. The summed E-state index contributed by atoms with van der Waals surface area (Å²) in [7, 11) is 0. The normalized spacial score (nSPS) is 11.2. The minimum absolute atomic E-state index is 0.00596. The molecule has 0 unspecified atom stereocenters. The van der Waals surface area contributed by atoms with Gasteiger partial charge in [0.1, 0.15) is 6.61 Å². The zero-order valence-corrected chi connectivity index (χ0v) is 18.5. The van der Waals surface area contributed by atoms with Crippen molar-refractivity contribution in [1.29, 1.82) is 0 Å². The number of thiol groups is 1. The number of Topliss-reactive ketones (excluding diaryl/α,β-unsaturated/α-hetero) is 1. The van der Waals surface area contributed by atoms with Crippen LogP contribution in [0.1, 0.15) is 57.8 Å². The Hall–Kier alpha value is 0.150. The van der Waals surface area contributed by atoms with Gasteiger partial charge in [0.25, 0.3) is 0 Å². The van der Waals surface area contributed by atoms with Gasteiger partial charge in [-0.3, -0.25) is 4.79 Å². The number of hydrogen-bond donors (Lipinski definition) is 1. The first-order valence-corrected chi connectivity index (χ1v) is 11.5. The van der Waals surface area contributed by atoms with E-state index in [1.807, 2.05) is 0 Å². The lowest BCUT2D eigenvalue weighted by molar-refractivity contribution is -0.121. The Bertz CT molecular complexity index is 308. The number of carbonyl (C=O) groups is 1. The number of ether oxygens (including phenoxy) is 4. The van der Waals surface area contributed by atoms with Gasteiger partial charge in [-0.1, -0.05) is 44.9 Å². The second kappa shape index (κ2) is 24.2. The number of hydrogen-bond acceptors (Lipinski definition) is 6. The molecule has 0 bridgehead atoms. The van der Waals surface area contributed by atoms with Gasteiger partial charge in [-0.2, -0.15) is 12.6 Å². The maximum atomic E-state index is 10.9. The molecule has 0 amide bonds. The van der Waals surface area contributed by atoms with Crippen molar-refractivity contribution < 1.29 is 23.7 Å². The minimum Gasteiger partial charge on any atom is -0.379 e. The van der Waals surface area contributed by atoms with E-state index in [0.717, 1.165) is 18.8 Å². The summed E-state index contributed by atoms with van der Waals surface area (Å²) in [6, 6.07) is 0. The van der Waals surface area contributed by atoms with Gasteiger partial charge in [-0.15, -0.1) is 11.6 Å². The van der Waals surface area contributed by atoms with Gasteiger partial charge in [-0.25, -0.2) is 0 Å². The predicted molar refractivity (Wildman–Crippen MR) is 114 cm³/mol. The monoisotopic (exact) mass is 426 g/mol. The number of unbranched alkanes of at least 4 members (excludes halogenated alkanes) is 8. The van der Waals surface area contributed by atoms with Gasteiger partial charge < -0.3 is 18.9 Å². The van der Waals surface area contributed by atoms with Crippen LogP contribution in [-0.2, 0) is 23.7 Å². The third kappa shape index (κ3) is 24.1. The first-order chi connectivity index (χ1) is 13.3. The summed E-state index contributed by atoms with van der Waals surface area (Å²) in [6.45, 7) is 4.00. The largest absolute Gasteiger partial charge is 0.379 e. The molecule has 5 nitrogen and oxygen atoms in total. The molecule has 0 atom stereocenters. The Morgan fingerprint density at radius 1 is 0.593 bits per heavy atom. The highest BCUT2D eigenvalue weighted by atomic mass is 35.5. The fraction of sp³-hybridized carbons (Fsp3) is 0.950. The van der Waals surface area contributed by atoms with Crippen LogP contribution in [0.3, 0.4) is 0 Å². The average Bonchev–Trinajstić information content (AvgIpc) is 2.68. The number of carbonyl (C=O) groups excluding carboxylic acids is 1. The van der Waals surface area contributed by atoms with Crippen LogP contribution in [0.5, 0.6) is 0 Å². The van der Waals surface area contributed by atoms with E-state index in [-0.39, 0.29) is 18.3 Å². The van der Waals surface area contributed by atoms with Crippen molar-refractivity contribution in [2.75, 3.05) is 64.5 Å². The molecule has 0 fully saturated rings. The molecule has 0 aliphatic heterocycles. The van der Waals surface area contributed by atoms with Crippen LogP contribution in [0.4, 0.5) is 0 Å². The minimum atomic E-state index is -0.115. The van der Waals surface area contributed by atoms with E-state index in [4.69, 9.17) is 30.5 Å². The lowest BCUT2D eigenvalue weighted by Gasteiger charge is -2.07. The van der Waals surface area contributed by atoms with Crippen molar-refractivity contribution in [3.8, 4) is 0 Å². The lowest BCUT2D eigenvalue weighted by atomic mass is 10.1. The predicted octanol–water partition coefficient (Wildman–Crippen LogP) is 4.30. The van der Waals surface area contributed by atoms with Gasteiger partial charge >= 0.3 is 0 Å². The first-order valence-electron chi connectivity index (χ1n) is 10.3. The van der Waals surface area contributed by atoms with Gasteiger partial charge in [0.2, 0.25) is 0 Å². The van der Waals surface area contributed by atoms with E-state index in [9.17, 15) is 4.79 Å². The van der Waals surface area contributed by atoms with Crippen molar-refractivity contribution >= 4 is 30.0 Å². The second-order valence-electron chi connectivity index (χ2n) is 6.47. The smallest absolute Gasteiger partial charge is 0.173 e. The molecule has 0 rings (SSSR count). The molecule has 7 heteroatoms. The summed E-state index contributed by atoms with van der Waals surface area (Å²) in [5.74, 6) is 0.901. The van der Waals surface area contributed by atoms with Crippen LogP contribution in [-0.4, -0.2) is 70.3 Å². The molecule has 0 aromatic rings. The summed E-state index contributed by atoms with van der Waals surface area (Å²) >= 11 is 9.59. The molecule has 162 valence electrons. The van der Waals surface area contributed by atoms with E-state index in [0.29, 0.717) is 39.6 Å². The topological polar surface area (TPSA) is 54.0 Å². The molecule has 0 saturated carbocycles. The average molecular weight is 427 g/mol. The Labute approximate surface area is 176 Å². The van der Waals surface area contributed by atoms with Crippen molar-refractivity contribution in [3.05, 3.63) is 0 Å². The maximum Gasteiger partial charge on any atom is 0.173 e. The highest BCUT2D eigenvalue weighted by Gasteiger charge is 1.98. The van der Waals surface area contributed by atoms with Gasteiger partial charge in [0, 0.05) is 6.61 Å². The van der Waals surface area contributed by atoms with E-state index in [1.165, 1.54) is 51.4 Å². The fourth-order valence-electron chi connectivity index (χ4n) is 2.44. The molecule has 0 aliphatic carbocycles. The van der Waals surface area contributed by atoms with Crippen molar-refractivity contribution in [1.82, 2.24) is 0 Å². The Morgan fingerprint density at radius 2 is 1.00 bits per heavy atom. The fourth-order valence-corrected chi connectivity index (χ4v) is 2.74. The lowest BCUT2D eigenvalue weighted by Crippen LogP contribution is -2.15. The number of rotatable bonds is 23. The van der Waals surface area contributed by atoms with E-state index < -0.39 is 0 Å². The molecule has 27 heavy (non-hydrogen) atoms. The van der Waals surface area contributed by atoms with Crippen LogP contribution in [0.25, 0.3) is 0 Å². The summed E-state index contributed by atoms with van der Waals surface area (Å²) < 4.78 is 21.4. The Morgan fingerprint density at radius 3 is 1.48 bits per heavy atom. The van der Waals surface area contributed by atoms with E-state index in [1.54, 1.807) is 0 Å². The Kier molecular flexibility index (Phi) is 24.3.